The average molecular weight is 531 g/mol. The highest BCUT2D eigenvalue weighted by Gasteiger charge is 2.44. The van der Waals surface area contributed by atoms with Crippen LogP contribution in [0.25, 0.3) is 0 Å². The smallest absolute Gasteiger partial charge is 0.366 e. The van der Waals surface area contributed by atoms with Crippen molar-refractivity contribution in [1.29, 1.82) is 0 Å². The van der Waals surface area contributed by atoms with Crippen LogP contribution in [0.2, 0.25) is 0 Å². The highest BCUT2D eigenvalue weighted by atomic mass is 127. The maximum atomic E-state index is 12.3. The molecule has 0 spiro atoms. The lowest BCUT2D eigenvalue weighted by atomic mass is 10.3. The molecule has 0 bridgehead atoms. The lowest BCUT2D eigenvalue weighted by Gasteiger charge is -2.19. The van der Waals surface area contributed by atoms with Crippen molar-refractivity contribution < 1.29 is 18.0 Å². The van der Waals surface area contributed by atoms with Gasteiger partial charge in [0.05, 0.1) is 5.57 Å². The third-order valence-electron chi connectivity index (χ3n) is 0.897. The fourth-order valence-corrected chi connectivity index (χ4v) is 1.85. The molecular weight excluding hydrogens is 528 g/mol. The van der Waals surface area contributed by atoms with Gasteiger partial charge in [-0.2, -0.15) is 13.2 Å². The number of primary amides is 1. The first-order valence-corrected chi connectivity index (χ1v) is 5.94. The minimum absolute atomic E-state index is 0.408. The molecule has 0 aliphatic carbocycles. The fourth-order valence-electron chi connectivity index (χ4n) is 0.467. The van der Waals surface area contributed by atoms with Crippen molar-refractivity contribution in [1.82, 2.24) is 0 Å². The Morgan fingerprint density at radius 3 is 1.69 bits per heavy atom. The number of hydrogen-bond acceptors (Lipinski definition) is 1. The van der Waals surface area contributed by atoms with Gasteiger partial charge in [-0.3, -0.25) is 4.79 Å². The van der Waals surface area contributed by atoms with E-state index >= 15 is 0 Å². The van der Waals surface area contributed by atoms with Crippen LogP contribution in [-0.2, 0) is 4.79 Å². The van der Waals surface area contributed by atoms with E-state index in [1.807, 2.05) is 0 Å². The summed E-state index contributed by atoms with van der Waals surface area (Å²) in [6.45, 7) is 0. The van der Waals surface area contributed by atoms with Crippen molar-refractivity contribution in [2.45, 2.75) is 5.61 Å². The highest BCUT2D eigenvalue weighted by Crippen LogP contribution is 2.49. The van der Waals surface area contributed by atoms with Crippen LogP contribution in [0, 0.1) is 0 Å². The van der Waals surface area contributed by atoms with Gasteiger partial charge < -0.3 is 5.73 Å². The van der Waals surface area contributed by atoms with Crippen LogP contribution < -0.4 is 5.73 Å². The molecule has 0 saturated heterocycles. The summed E-state index contributed by atoms with van der Waals surface area (Å²) in [7, 11) is 0. The van der Waals surface area contributed by atoms with E-state index in [-0.39, 0.29) is 0 Å². The van der Waals surface area contributed by atoms with Gasteiger partial charge in [0.1, 0.15) is 0 Å². The van der Waals surface area contributed by atoms with Gasteiger partial charge in [0.25, 0.3) is 0 Å². The normalized spacial score (nSPS) is 14.5. The Kier molecular flexibility index (Phi) is 5.25. The minimum Gasteiger partial charge on any atom is -0.366 e. The number of hydrogen-bond donors (Lipinski definition) is 1. The molecule has 0 atom stereocenters. The van der Waals surface area contributed by atoms with Crippen molar-refractivity contribution >= 4 is 73.7 Å². The Morgan fingerprint density at radius 2 is 1.62 bits per heavy atom. The molecule has 0 rings (SSSR count). The second-order valence-electron chi connectivity index (χ2n) is 1.96. The van der Waals surface area contributed by atoms with Crippen molar-refractivity contribution in [3.05, 3.63) is 11.6 Å². The van der Waals surface area contributed by atoms with Gasteiger partial charge in [-0.05, 0) is 67.8 Å². The molecule has 0 aromatic heterocycles. The zero-order chi connectivity index (χ0) is 10.9. The lowest BCUT2D eigenvalue weighted by Crippen LogP contribution is -2.24. The molecule has 0 unspecified atom stereocenters. The zero-order valence-electron chi connectivity index (χ0n) is 5.83. The third kappa shape index (κ3) is 5.59. The molecule has 76 valence electrons. The summed E-state index contributed by atoms with van der Waals surface area (Å²) >= 11 is 4.72. The Bertz CT molecular complexity index is 226. The Labute approximate surface area is 113 Å². The third-order valence-corrected chi connectivity index (χ3v) is 2.64. The fraction of sp³-hybridized carbons (Fsp3) is 0.400. The average Bonchev–Trinajstić information content (AvgIpc) is 1.77. The van der Waals surface area contributed by atoms with Crippen LogP contribution in [-0.4, -0.2) is 11.5 Å². The summed E-state index contributed by atoms with van der Waals surface area (Å²) in [6.07, 6.45) is -4.12. The minimum atomic E-state index is -4.53. The Morgan fingerprint density at radius 1 is 1.23 bits per heavy atom. The predicted octanol–water partition coefficient (Wildman–Crippen LogP) is 2.92. The summed E-state index contributed by atoms with van der Waals surface area (Å²) < 4.78 is 35.6. The molecule has 0 radical (unpaired) electrons. The van der Waals surface area contributed by atoms with E-state index < -0.39 is 17.1 Å². The molecule has 2 nitrogen and oxygen atoms in total. The van der Waals surface area contributed by atoms with E-state index in [2.05, 4.69) is 5.73 Å². The molecule has 0 aliphatic rings. The number of carbonyl (C=O) groups excluding carboxylic acids is 1. The second kappa shape index (κ2) is 4.81. The first-order valence-electron chi connectivity index (χ1n) is 2.70. The maximum Gasteiger partial charge on any atom is 0.415 e. The molecule has 1 amide bonds. The molecule has 13 heavy (non-hydrogen) atoms. The summed E-state index contributed by atoms with van der Waals surface area (Å²) in [4.78, 5) is 10.3. The van der Waals surface area contributed by atoms with E-state index in [0.29, 0.717) is 6.08 Å². The molecule has 0 saturated carbocycles. The molecule has 0 aromatic carbocycles. The van der Waals surface area contributed by atoms with Crippen molar-refractivity contribution in [2.75, 3.05) is 0 Å². The monoisotopic (exact) mass is 531 g/mol. The van der Waals surface area contributed by atoms with Crippen LogP contribution in [0.5, 0.6) is 0 Å². The maximum absolute atomic E-state index is 12.3. The number of rotatable bonds is 2. The summed E-state index contributed by atoms with van der Waals surface area (Å²) in [5.41, 5.74) is 3.71. The first kappa shape index (κ1) is 14.2. The van der Waals surface area contributed by atoms with Gasteiger partial charge in [-0.15, -0.1) is 0 Å². The topological polar surface area (TPSA) is 43.1 Å². The van der Waals surface area contributed by atoms with Gasteiger partial charge in [0.15, 0.2) is -0.565 Å². The molecule has 0 aromatic rings. The van der Waals surface area contributed by atoms with Crippen LogP contribution in [0.3, 0.4) is 0 Å². The van der Waals surface area contributed by atoms with Crippen LogP contribution in [0.1, 0.15) is 0 Å². The van der Waals surface area contributed by atoms with Gasteiger partial charge in [-0.25, -0.2) is 0 Å². The molecule has 0 aliphatic heterocycles. The summed E-state index contributed by atoms with van der Waals surface area (Å²) in [5.74, 6) is -1.10. The van der Waals surface area contributed by atoms with Gasteiger partial charge >= 0.3 is 6.18 Å². The van der Waals surface area contributed by atoms with Gasteiger partial charge in [0, 0.05) is 6.08 Å². The predicted molar refractivity (Wildman–Crippen MR) is 68.1 cm³/mol. The van der Waals surface area contributed by atoms with E-state index in [0.717, 1.165) is 0 Å². The van der Waals surface area contributed by atoms with Crippen molar-refractivity contribution in [3.8, 4) is 0 Å². The first-order chi connectivity index (χ1) is 5.55. The number of alkyl halides is 6. The molecule has 2 N–H and O–H groups in total. The number of amides is 1. The summed E-state index contributed by atoms with van der Waals surface area (Å²) in [6, 6.07) is 0. The quantitative estimate of drug-likeness (QED) is 0.333. The Hall–Kier alpha value is 1.19. The van der Waals surface area contributed by atoms with Gasteiger partial charge in [-0.1, -0.05) is 0 Å². The molecule has 0 fully saturated rings. The standard InChI is InChI=1S/C5H3F3I3NO/c6-4(7,8)2(1-3(12)13)5(9,10)11/h1H,(H2,12,13). The van der Waals surface area contributed by atoms with Gasteiger partial charge in [0.2, 0.25) is 5.91 Å². The van der Waals surface area contributed by atoms with Crippen LogP contribution >= 0.6 is 67.8 Å². The van der Waals surface area contributed by atoms with E-state index in [1.165, 1.54) is 0 Å². The summed E-state index contributed by atoms with van der Waals surface area (Å²) in [5, 5.41) is 0. The molecule has 8 heteroatoms. The SMILES string of the molecule is NC(=O)C=C(C(F)(F)F)C(I)(I)I. The van der Waals surface area contributed by atoms with Crippen LogP contribution in [0.4, 0.5) is 13.2 Å². The highest BCUT2D eigenvalue weighted by molar-refractivity contribution is 14.3. The lowest BCUT2D eigenvalue weighted by molar-refractivity contribution is -0.115. The largest absolute Gasteiger partial charge is 0.415 e. The van der Waals surface area contributed by atoms with E-state index in [4.69, 9.17) is 0 Å². The molecular formula is C5H3F3I3NO. The van der Waals surface area contributed by atoms with E-state index in [1.54, 1.807) is 67.8 Å². The Balaban J connectivity index is 5.13. The van der Waals surface area contributed by atoms with Crippen LogP contribution in [0.15, 0.2) is 11.6 Å². The number of nitrogens with two attached hydrogens (primary N) is 1. The van der Waals surface area contributed by atoms with E-state index in [9.17, 15) is 18.0 Å². The number of allylic oxidation sites excluding steroid dienone is 1. The van der Waals surface area contributed by atoms with Crippen molar-refractivity contribution in [3.63, 3.8) is 0 Å². The molecule has 0 heterocycles. The van der Waals surface area contributed by atoms with Crippen molar-refractivity contribution in [2.24, 2.45) is 5.73 Å². The number of carbonyl (C=O) groups is 1. The second-order valence-corrected chi connectivity index (χ2v) is 13.0. The number of halogens is 6. The zero-order valence-corrected chi connectivity index (χ0v) is 12.3.